The number of aryl methyl sites for hydroxylation is 2. The van der Waals surface area contributed by atoms with Crippen LogP contribution in [0.2, 0.25) is 0 Å². The second kappa shape index (κ2) is 5.19. The molecule has 1 unspecified atom stereocenters. The fourth-order valence-electron chi connectivity index (χ4n) is 1.84. The summed E-state index contributed by atoms with van der Waals surface area (Å²) in [6.45, 7) is 9.39. The lowest BCUT2D eigenvalue weighted by Crippen LogP contribution is -2.54. The van der Waals surface area contributed by atoms with Gasteiger partial charge in [0.05, 0.1) is 5.69 Å². The maximum absolute atomic E-state index is 6.33. The summed E-state index contributed by atoms with van der Waals surface area (Å²) >= 11 is 0. The molecule has 0 aromatic carbocycles. The highest BCUT2D eigenvalue weighted by Gasteiger charge is 2.29. The van der Waals surface area contributed by atoms with Gasteiger partial charge in [0.15, 0.2) is 0 Å². The maximum atomic E-state index is 6.33. The quantitative estimate of drug-likeness (QED) is 0.844. The van der Waals surface area contributed by atoms with E-state index in [1.165, 1.54) is 5.69 Å². The van der Waals surface area contributed by atoms with Gasteiger partial charge in [-0.1, -0.05) is 0 Å². The van der Waals surface area contributed by atoms with E-state index in [0.717, 1.165) is 18.7 Å². The molecule has 1 aromatic heterocycles. The van der Waals surface area contributed by atoms with Crippen LogP contribution in [0.3, 0.4) is 0 Å². The van der Waals surface area contributed by atoms with E-state index in [0.29, 0.717) is 0 Å². The van der Waals surface area contributed by atoms with Crippen LogP contribution in [0.5, 0.6) is 0 Å². The first-order valence-electron chi connectivity index (χ1n) is 6.25. The lowest BCUT2D eigenvalue weighted by molar-refractivity contribution is 0.156. The first kappa shape index (κ1) is 14.2. The van der Waals surface area contributed by atoms with E-state index >= 15 is 0 Å². The van der Waals surface area contributed by atoms with Crippen molar-refractivity contribution in [1.29, 1.82) is 0 Å². The zero-order chi connectivity index (χ0) is 13.2. The molecule has 0 amide bonds. The SMILES string of the molecule is CCn1nc(C)cc1CC(N)C(C)(C)N(C)C. The number of nitrogens with two attached hydrogens (primary N) is 1. The normalized spacial score (nSPS) is 14.4. The number of likely N-dealkylation sites (N-methyl/N-ethyl adjacent to an activating group) is 1. The Morgan fingerprint density at radius 2 is 2.06 bits per heavy atom. The Hall–Kier alpha value is -0.870. The first-order chi connectivity index (χ1) is 7.78. The van der Waals surface area contributed by atoms with Crippen LogP contribution in [-0.4, -0.2) is 40.4 Å². The van der Waals surface area contributed by atoms with Crippen LogP contribution in [-0.2, 0) is 13.0 Å². The van der Waals surface area contributed by atoms with Gasteiger partial charge < -0.3 is 10.6 Å². The Morgan fingerprint density at radius 3 is 2.53 bits per heavy atom. The highest BCUT2D eigenvalue weighted by atomic mass is 15.3. The van der Waals surface area contributed by atoms with E-state index in [9.17, 15) is 0 Å². The highest BCUT2D eigenvalue weighted by Crippen LogP contribution is 2.18. The smallest absolute Gasteiger partial charge is 0.0596 e. The standard InChI is InChI=1S/C13H26N4/c1-7-17-11(8-10(2)15-17)9-12(14)13(3,4)16(5)6/h8,12H,7,9,14H2,1-6H3. The molecule has 17 heavy (non-hydrogen) atoms. The van der Waals surface area contributed by atoms with E-state index in [2.05, 4.69) is 50.9 Å². The number of hydrogen-bond donors (Lipinski definition) is 1. The zero-order valence-corrected chi connectivity index (χ0v) is 12.0. The van der Waals surface area contributed by atoms with Crippen LogP contribution in [0.1, 0.15) is 32.2 Å². The minimum atomic E-state index is -0.0171. The average molecular weight is 238 g/mol. The molecule has 0 saturated heterocycles. The Morgan fingerprint density at radius 1 is 1.47 bits per heavy atom. The maximum Gasteiger partial charge on any atom is 0.0596 e. The van der Waals surface area contributed by atoms with Gasteiger partial charge >= 0.3 is 0 Å². The summed E-state index contributed by atoms with van der Waals surface area (Å²) in [4.78, 5) is 2.18. The fraction of sp³-hybridized carbons (Fsp3) is 0.769. The molecule has 0 saturated carbocycles. The molecule has 98 valence electrons. The van der Waals surface area contributed by atoms with E-state index < -0.39 is 0 Å². The zero-order valence-electron chi connectivity index (χ0n) is 12.0. The molecule has 0 aliphatic rings. The summed E-state index contributed by atoms with van der Waals surface area (Å²) in [7, 11) is 4.14. The summed E-state index contributed by atoms with van der Waals surface area (Å²) in [5.74, 6) is 0. The van der Waals surface area contributed by atoms with E-state index in [4.69, 9.17) is 5.73 Å². The van der Waals surface area contributed by atoms with E-state index in [1.54, 1.807) is 0 Å². The molecule has 0 bridgehead atoms. The van der Waals surface area contributed by atoms with Gasteiger partial charge in [-0.05, 0) is 47.9 Å². The molecule has 0 radical (unpaired) electrons. The van der Waals surface area contributed by atoms with Crippen molar-refractivity contribution in [2.75, 3.05) is 14.1 Å². The van der Waals surface area contributed by atoms with Crippen molar-refractivity contribution in [1.82, 2.24) is 14.7 Å². The Balaban J connectivity index is 2.83. The summed E-state index contributed by atoms with van der Waals surface area (Å²) in [5, 5.41) is 4.46. The number of hydrogen-bond acceptors (Lipinski definition) is 3. The Labute approximate surface area is 105 Å². The van der Waals surface area contributed by atoms with Crippen LogP contribution in [0, 0.1) is 6.92 Å². The van der Waals surface area contributed by atoms with Crippen molar-refractivity contribution in [2.24, 2.45) is 5.73 Å². The average Bonchev–Trinajstić information content (AvgIpc) is 2.58. The summed E-state index contributed by atoms with van der Waals surface area (Å²) < 4.78 is 2.04. The topological polar surface area (TPSA) is 47.1 Å². The van der Waals surface area contributed by atoms with Crippen molar-refractivity contribution >= 4 is 0 Å². The monoisotopic (exact) mass is 238 g/mol. The van der Waals surface area contributed by atoms with Crippen molar-refractivity contribution in [2.45, 2.75) is 52.2 Å². The van der Waals surface area contributed by atoms with Gasteiger partial charge in [0.1, 0.15) is 0 Å². The summed E-state index contributed by atoms with van der Waals surface area (Å²) in [6, 6.07) is 2.23. The van der Waals surface area contributed by atoms with Gasteiger partial charge in [-0.3, -0.25) is 4.68 Å². The summed E-state index contributed by atoms with van der Waals surface area (Å²) in [6.07, 6.45) is 0.861. The Bertz CT molecular complexity index is 365. The van der Waals surface area contributed by atoms with Crippen LogP contribution in [0.25, 0.3) is 0 Å². The molecular formula is C13H26N4. The summed E-state index contributed by atoms with van der Waals surface area (Å²) in [5.41, 5.74) is 8.61. The molecule has 1 rings (SSSR count). The van der Waals surface area contributed by atoms with Crippen molar-refractivity contribution < 1.29 is 0 Å². The molecule has 4 nitrogen and oxygen atoms in total. The molecular weight excluding hydrogens is 212 g/mol. The third-order valence-corrected chi connectivity index (χ3v) is 3.77. The second-order valence-corrected chi connectivity index (χ2v) is 5.45. The second-order valence-electron chi connectivity index (χ2n) is 5.45. The van der Waals surface area contributed by atoms with Gasteiger partial charge in [-0.2, -0.15) is 5.10 Å². The molecule has 0 aliphatic heterocycles. The predicted octanol–water partition coefficient (Wildman–Crippen LogP) is 1.42. The predicted molar refractivity (Wildman–Crippen MR) is 72.1 cm³/mol. The molecule has 1 atom stereocenters. The van der Waals surface area contributed by atoms with Gasteiger partial charge in [0, 0.05) is 30.2 Å². The minimum Gasteiger partial charge on any atom is -0.326 e. The van der Waals surface area contributed by atoms with E-state index in [1.807, 2.05) is 11.6 Å². The van der Waals surface area contributed by atoms with Gasteiger partial charge in [0.2, 0.25) is 0 Å². The molecule has 2 N–H and O–H groups in total. The molecule has 1 aromatic rings. The Kier molecular flexibility index (Phi) is 4.33. The van der Waals surface area contributed by atoms with Gasteiger partial charge in [-0.15, -0.1) is 0 Å². The fourth-order valence-corrected chi connectivity index (χ4v) is 1.84. The van der Waals surface area contributed by atoms with Crippen LogP contribution in [0.15, 0.2) is 6.07 Å². The van der Waals surface area contributed by atoms with Gasteiger partial charge in [0.25, 0.3) is 0 Å². The van der Waals surface area contributed by atoms with E-state index in [-0.39, 0.29) is 11.6 Å². The van der Waals surface area contributed by atoms with Crippen LogP contribution in [0.4, 0.5) is 0 Å². The lowest BCUT2D eigenvalue weighted by Gasteiger charge is -2.38. The molecule has 0 spiro atoms. The van der Waals surface area contributed by atoms with Crippen LogP contribution >= 0.6 is 0 Å². The van der Waals surface area contributed by atoms with Crippen molar-refractivity contribution in [3.8, 4) is 0 Å². The van der Waals surface area contributed by atoms with Crippen molar-refractivity contribution in [3.63, 3.8) is 0 Å². The first-order valence-corrected chi connectivity index (χ1v) is 6.25. The molecule has 4 heteroatoms. The van der Waals surface area contributed by atoms with Crippen LogP contribution < -0.4 is 5.73 Å². The lowest BCUT2D eigenvalue weighted by atomic mass is 9.90. The third-order valence-electron chi connectivity index (χ3n) is 3.77. The molecule has 0 aliphatic carbocycles. The van der Waals surface area contributed by atoms with Gasteiger partial charge in [-0.25, -0.2) is 0 Å². The largest absolute Gasteiger partial charge is 0.326 e. The number of nitrogens with zero attached hydrogens (tertiary/aromatic N) is 3. The van der Waals surface area contributed by atoms with Crippen molar-refractivity contribution in [3.05, 3.63) is 17.5 Å². The minimum absolute atomic E-state index is 0.0171. The highest BCUT2D eigenvalue weighted by molar-refractivity contribution is 5.12. The third kappa shape index (κ3) is 3.07. The molecule has 1 heterocycles. The number of aromatic nitrogens is 2. The molecule has 0 fully saturated rings. The number of rotatable bonds is 5.